The Bertz CT molecular complexity index is 445. The second-order valence-corrected chi connectivity index (χ2v) is 5.09. The number of aliphatic hydroxyl groups excluding tert-OH is 1. The molecule has 0 fully saturated rings. The van der Waals surface area contributed by atoms with Crippen LogP contribution in [0.15, 0.2) is 11.0 Å². The van der Waals surface area contributed by atoms with E-state index in [2.05, 4.69) is 10.4 Å². The number of nitrogens with one attached hydrogen (secondary N) is 1. The van der Waals surface area contributed by atoms with Crippen molar-refractivity contribution in [3.63, 3.8) is 0 Å². The summed E-state index contributed by atoms with van der Waals surface area (Å²) < 4.78 is 1.35. The van der Waals surface area contributed by atoms with Gasteiger partial charge >= 0.3 is 0 Å². The molecule has 0 saturated heterocycles. The average molecular weight is 274 g/mol. The molecule has 1 heterocycles. The molecular formula is C12H20ClN3O2. The lowest BCUT2D eigenvalue weighted by atomic mass is 10.1. The van der Waals surface area contributed by atoms with E-state index in [1.165, 1.54) is 4.68 Å². The lowest BCUT2D eigenvalue weighted by Crippen LogP contribution is -2.26. The second kappa shape index (κ2) is 6.75. The third-order valence-electron chi connectivity index (χ3n) is 2.70. The minimum Gasteiger partial charge on any atom is -0.396 e. The lowest BCUT2D eigenvalue weighted by Gasteiger charge is -2.14. The molecule has 102 valence electrons. The van der Waals surface area contributed by atoms with Gasteiger partial charge in [0.25, 0.3) is 5.56 Å². The molecule has 1 aromatic heterocycles. The van der Waals surface area contributed by atoms with Crippen LogP contribution in [-0.2, 0) is 0 Å². The third kappa shape index (κ3) is 3.71. The van der Waals surface area contributed by atoms with Gasteiger partial charge in [0.1, 0.15) is 5.02 Å². The van der Waals surface area contributed by atoms with Crippen molar-refractivity contribution in [2.24, 2.45) is 5.92 Å². The van der Waals surface area contributed by atoms with Crippen LogP contribution < -0.4 is 10.9 Å². The van der Waals surface area contributed by atoms with Gasteiger partial charge in [0, 0.05) is 13.2 Å². The zero-order valence-electron chi connectivity index (χ0n) is 11.0. The van der Waals surface area contributed by atoms with E-state index in [9.17, 15) is 4.79 Å². The molecule has 1 rings (SSSR count). The van der Waals surface area contributed by atoms with Gasteiger partial charge in [0.15, 0.2) is 0 Å². The summed E-state index contributed by atoms with van der Waals surface area (Å²) in [6.07, 6.45) is 2.27. The molecule has 6 heteroatoms. The third-order valence-corrected chi connectivity index (χ3v) is 3.06. The van der Waals surface area contributed by atoms with Crippen LogP contribution in [0, 0.1) is 5.92 Å². The zero-order chi connectivity index (χ0) is 13.7. The summed E-state index contributed by atoms with van der Waals surface area (Å²) in [4.78, 5) is 11.9. The quantitative estimate of drug-likeness (QED) is 0.831. The molecule has 0 amide bonds. The van der Waals surface area contributed by atoms with E-state index < -0.39 is 0 Å². The number of nitrogens with zero attached hydrogens (tertiary/aromatic N) is 2. The van der Waals surface area contributed by atoms with Gasteiger partial charge in [-0.05, 0) is 26.2 Å². The van der Waals surface area contributed by atoms with Gasteiger partial charge in [-0.25, -0.2) is 4.68 Å². The van der Waals surface area contributed by atoms with E-state index >= 15 is 0 Å². The number of hydrogen-bond acceptors (Lipinski definition) is 4. The van der Waals surface area contributed by atoms with Gasteiger partial charge in [0.2, 0.25) is 0 Å². The molecule has 1 atom stereocenters. The Morgan fingerprint density at radius 3 is 2.72 bits per heavy atom. The van der Waals surface area contributed by atoms with Crippen molar-refractivity contribution < 1.29 is 5.11 Å². The molecule has 0 spiro atoms. The normalized spacial score (nSPS) is 12.8. The number of aromatic nitrogens is 2. The molecule has 0 aromatic carbocycles. The maximum absolute atomic E-state index is 11.9. The van der Waals surface area contributed by atoms with Gasteiger partial charge in [0.05, 0.1) is 17.9 Å². The highest BCUT2D eigenvalue weighted by Crippen LogP contribution is 2.17. The van der Waals surface area contributed by atoms with Crippen LogP contribution in [0.4, 0.5) is 5.69 Å². The molecule has 0 aliphatic carbocycles. The molecule has 2 N–H and O–H groups in total. The highest BCUT2D eigenvalue weighted by molar-refractivity contribution is 6.32. The van der Waals surface area contributed by atoms with E-state index in [4.69, 9.17) is 16.7 Å². The SMILES string of the molecule is CC(CCO)CNc1cnn(C(C)C)c(=O)c1Cl. The Labute approximate surface area is 112 Å². The highest BCUT2D eigenvalue weighted by atomic mass is 35.5. The van der Waals surface area contributed by atoms with Crippen LogP contribution in [0.2, 0.25) is 5.02 Å². The van der Waals surface area contributed by atoms with Gasteiger partial charge in [-0.1, -0.05) is 18.5 Å². The largest absolute Gasteiger partial charge is 0.396 e. The van der Waals surface area contributed by atoms with E-state index in [-0.39, 0.29) is 23.2 Å². The summed E-state index contributed by atoms with van der Waals surface area (Å²) in [5, 5.41) is 16.1. The summed E-state index contributed by atoms with van der Waals surface area (Å²) >= 11 is 6.02. The maximum Gasteiger partial charge on any atom is 0.287 e. The topological polar surface area (TPSA) is 67.2 Å². The number of anilines is 1. The molecule has 0 aliphatic rings. The van der Waals surface area contributed by atoms with Crippen LogP contribution in [0.5, 0.6) is 0 Å². The Hall–Kier alpha value is -1.07. The van der Waals surface area contributed by atoms with Crippen LogP contribution in [-0.4, -0.2) is 28.0 Å². The van der Waals surface area contributed by atoms with Crippen LogP contribution in [0.1, 0.15) is 33.2 Å². The number of hydrogen-bond donors (Lipinski definition) is 2. The fraction of sp³-hybridized carbons (Fsp3) is 0.667. The monoisotopic (exact) mass is 273 g/mol. The molecule has 0 aliphatic heterocycles. The molecule has 0 radical (unpaired) electrons. The number of aliphatic hydroxyl groups is 1. The first-order valence-corrected chi connectivity index (χ1v) is 6.47. The molecule has 5 nitrogen and oxygen atoms in total. The minimum absolute atomic E-state index is 0.0163. The molecule has 0 bridgehead atoms. The molecule has 1 aromatic rings. The Morgan fingerprint density at radius 2 is 2.17 bits per heavy atom. The zero-order valence-corrected chi connectivity index (χ0v) is 11.7. The molecule has 1 unspecified atom stereocenters. The number of halogens is 1. The van der Waals surface area contributed by atoms with Crippen LogP contribution in [0.3, 0.4) is 0 Å². The highest BCUT2D eigenvalue weighted by Gasteiger charge is 2.11. The van der Waals surface area contributed by atoms with E-state index in [0.717, 1.165) is 0 Å². The predicted octanol–water partition coefficient (Wildman–Crippen LogP) is 1.91. The summed E-state index contributed by atoms with van der Waals surface area (Å²) in [6.45, 7) is 6.57. The van der Waals surface area contributed by atoms with Gasteiger partial charge in [-0.15, -0.1) is 0 Å². The second-order valence-electron chi connectivity index (χ2n) is 4.71. The van der Waals surface area contributed by atoms with Crippen molar-refractivity contribution in [2.45, 2.75) is 33.2 Å². The molecular weight excluding hydrogens is 254 g/mol. The first-order chi connectivity index (χ1) is 8.47. The van der Waals surface area contributed by atoms with Gasteiger partial charge < -0.3 is 10.4 Å². The fourth-order valence-corrected chi connectivity index (χ4v) is 1.74. The van der Waals surface area contributed by atoms with E-state index in [1.54, 1.807) is 6.20 Å². The van der Waals surface area contributed by atoms with Gasteiger partial charge in [-0.2, -0.15) is 5.10 Å². The van der Waals surface area contributed by atoms with Crippen LogP contribution >= 0.6 is 11.6 Å². The van der Waals surface area contributed by atoms with Crippen molar-refractivity contribution >= 4 is 17.3 Å². The Morgan fingerprint density at radius 1 is 1.50 bits per heavy atom. The minimum atomic E-state index is -0.286. The first-order valence-electron chi connectivity index (χ1n) is 6.09. The Balaban J connectivity index is 2.80. The van der Waals surface area contributed by atoms with Crippen molar-refractivity contribution in [1.82, 2.24) is 9.78 Å². The molecule has 18 heavy (non-hydrogen) atoms. The van der Waals surface area contributed by atoms with E-state index in [0.29, 0.717) is 24.6 Å². The average Bonchev–Trinajstić information content (AvgIpc) is 2.31. The maximum atomic E-state index is 11.9. The van der Waals surface area contributed by atoms with Crippen molar-refractivity contribution in [1.29, 1.82) is 0 Å². The van der Waals surface area contributed by atoms with Gasteiger partial charge in [-0.3, -0.25) is 4.79 Å². The van der Waals surface area contributed by atoms with Crippen molar-refractivity contribution in [3.05, 3.63) is 21.6 Å². The van der Waals surface area contributed by atoms with Crippen molar-refractivity contribution in [2.75, 3.05) is 18.5 Å². The summed E-state index contributed by atoms with van der Waals surface area (Å²) in [6, 6.07) is -0.0163. The smallest absolute Gasteiger partial charge is 0.287 e. The summed E-state index contributed by atoms with van der Waals surface area (Å²) in [5.41, 5.74) is 0.259. The summed E-state index contributed by atoms with van der Waals surface area (Å²) in [7, 11) is 0. The van der Waals surface area contributed by atoms with E-state index in [1.807, 2.05) is 20.8 Å². The summed E-state index contributed by atoms with van der Waals surface area (Å²) in [5.74, 6) is 0.304. The predicted molar refractivity (Wildman–Crippen MR) is 73.2 cm³/mol. The fourth-order valence-electron chi connectivity index (χ4n) is 1.54. The Kier molecular flexibility index (Phi) is 5.62. The first kappa shape index (κ1) is 15.0. The van der Waals surface area contributed by atoms with Crippen molar-refractivity contribution in [3.8, 4) is 0 Å². The lowest BCUT2D eigenvalue weighted by molar-refractivity contribution is 0.266. The standard InChI is InChI=1S/C12H20ClN3O2/c1-8(2)16-12(18)11(13)10(7-15-16)14-6-9(3)4-5-17/h7-9,14,17H,4-6H2,1-3H3. The van der Waals surface area contributed by atoms with Crippen LogP contribution in [0.25, 0.3) is 0 Å². The molecule has 0 saturated carbocycles. The number of rotatable bonds is 6.